The van der Waals surface area contributed by atoms with Gasteiger partial charge in [-0.3, -0.25) is 4.79 Å². The molecule has 0 spiro atoms. The summed E-state index contributed by atoms with van der Waals surface area (Å²) in [5.74, 6) is -1.59. The zero-order valence-electron chi connectivity index (χ0n) is 28.1. The molecule has 2 saturated heterocycles. The van der Waals surface area contributed by atoms with Gasteiger partial charge >= 0.3 is 5.97 Å². The van der Waals surface area contributed by atoms with Crippen LogP contribution < -0.4 is 0 Å². The number of amides is 1. The first-order valence-corrected chi connectivity index (χ1v) is 17.7. The molecule has 1 aliphatic carbocycles. The van der Waals surface area contributed by atoms with Crippen molar-refractivity contribution in [2.75, 3.05) is 6.54 Å². The second kappa shape index (κ2) is 16.7. The van der Waals surface area contributed by atoms with E-state index in [1.807, 2.05) is 38.2 Å². The molecule has 254 valence electrons. The molecule has 3 aliphatic heterocycles. The van der Waals surface area contributed by atoms with E-state index >= 15 is 0 Å². The minimum atomic E-state index is -1.66. The van der Waals surface area contributed by atoms with Crippen LogP contribution in [0.25, 0.3) is 0 Å². The number of cyclic esters (lactones) is 1. The summed E-state index contributed by atoms with van der Waals surface area (Å²) in [6.45, 7) is 8.58. The Hall–Kier alpha value is -2.00. The fourth-order valence-electron chi connectivity index (χ4n) is 7.64. The molecule has 3 heterocycles. The van der Waals surface area contributed by atoms with E-state index in [1.54, 1.807) is 4.90 Å². The van der Waals surface area contributed by atoms with E-state index in [1.165, 1.54) is 0 Å². The lowest BCUT2D eigenvalue weighted by Crippen LogP contribution is -2.54. The number of carbonyl (C=O) groups excluding carboxylic acids is 2. The fraction of sp³-hybridized carbons (Fsp3) is 0.784. The first kappa shape index (κ1) is 35.8. The van der Waals surface area contributed by atoms with Gasteiger partial charge < -0.3 is 29.7 Å². The zero-order chi connectivity index (χ0) is 32.6. The SMILES string of the molecule is CC1=CC=CC=CC(C)CCC(C(C)CC2CCC(O)CC2)OC(=O)C2CCCCN2C(=O)CC2(O)OC(CCC2C)CC1O. The van der Waals surface area contributed by atoms with Gasteiger partial charge in [0.1, 0.15) is 12.1 Å². The van der Waals surface area contributed by atoms with Crippen molar-refractivity contribution in [3.63, 3.8) is 0 Å². The Labute approximate surface area is 270 Å². The van der Waals surface area contributed by atoms with Gasteiger partial charge in [0, 0.05) is 18.9 Å². The number of rotatable bonds is 3. The van der Waals surface area contributed by atoms with Gasteiger partial charge in [-0.2, -0.15) is 0 Å². The molecule has 1 saturated carbocycles. The summed E-state index contributed by atoms with van der Waals surface area (Å²) in [7, 11) is 0. The number of piperidine rings is 1. The third kappa shape index (κ3) is 10.2. The molecule has 45 heavy (non-hydrogen) atoms. The van der Waals surface area contributed by atoms with Crippen LogP contribution >= 0.6 is 0 Å². The maximum Gasteiger partial charge on any atom is 0.329 e. The highest BCUT2D eigenvalue weighted by molar-refractivity contribution is 5.85. The molecule has 8 heteroatoms. The van der Waals surface area contributed by atoms with Crippen molar-refractivity contribution < 1.29 is 34.4 Å². The van der Waals surface area contributed by atoms with Gasteiger partial charge in [-0.1, -0.05) is 51.2 Å². The maximum absolute atomic E-state index is 13.9. The number of ether oxygens (including phenoxy) is 2. The number of hydrogen-bond acceptors (Lipinski definition) is 7. The van der Waals surface area contributed by atoms with Gasteiger partial charge in [0.05, 0.1) is 24.7 Å². The third-order valence-electron chi connectivity index (χ3n) is 10.9. The van der Waals surface area contributed by atoms with Crippen molar-refractivity contribution in [1.29, 1.82) is 0 Å². The Balaban J connectivity index is 1.57. The summed E-state index contributed by atoms with van der Waals surface area (Å²) in [5.41, 5.74) is 0.816. The average molecular weight is 630 g/mol. The number of hydrogen-bond donors (Lipinski definition) is 3. The van der Waals surface area contributed by atoms with Crippen LogP contribution in [-0.2, 0) is 19.1 Å². The average Bonchev–Trinajstić information content (AvgIpc) is 3.01. The van der Waals surface area contributed by atoms with E-state index in [9.17, 15) is 24.9 Å². The molecule has 0 aromatic heterocycles. The lowest BCUT2D eigenvalue weighted by Gasteiger charge is -2.44. The van der Waals surface area contributed by atoms with Gasteiger partial charge in [-0.05, 0) is 107 Å². The van der Waals surface area contributed by atoms with Gasteiger partial charge in [0.15, 0.2) is 5.79 Å². The van der Waals surface area contributed by atoms with Crippen LogP contribution in [0.5, 0.6) is 0 Å². The Kier molecular flexibility index (Phi) is 13.3. The van der Waals surface area contributed by atoms with Crippen molar-refractivity contribution in [2.45, 2.75) is 154 Å². The second-order valence-corrected chi connectivity index (χ2v) is 14.7. The standard InChI is InChI=1S/C37H59NO7/c1-25-10-6-5-7-11-26(2)33(40)23-31-19-14-28(4)37(43,45-31)24-35(41)38-21-9-8-12-32(38)36(42)44-34(20-13-25)27(3)22-29-15-17-30(39)18-16-29/h5-7,10-11,25,27-34,39-40,43H,8-9,12-24H2,1-4H3. The quantitative estimate of drug-likeness (QED) is 0.329. The molecular weight excluding hydrogens is 570 g/mol. The van der Waals surface area contributed by atoms with Crippen molar-refractivity contribution in [3.05, 3.63) is 36.0 Å². The largest absolute Gasteiger partial charge is 0.461 e. The topological polar surface area (TPSA) is 117 Å². The van der Waals surface area contributed by atoms with Gasteiger partial charge in [-0.25, -0.2) is 4.79 Å². The van der Waals surface area contributed by atoms with Crippen molar-refractivity contribution in [2.24, 2.45) is 23.7 Å². The number of allylic oxidation sites excluding steroid dienone is 5. The summed E-state index contributed by atoms with van der Waals surface area (Å²) < 4.78 is 12.5. The molecular formula is C37H59NO7. The molecule has 4 aliphatic rings. The zero-order valence-corrected chi connectivity index (χ0v) is 28.1. The summed E-state index contributed by atoms with van der Waals surface area (Å²) in [5, 5.41) is 32.5. The molecule has 3 N–H and O–H groups in total. The highest BCUT2D eigenvalue weighted by atomic mass is 16.6. The van der Waals surface area contributed by atoms with Crippen LogP contribution in [0, 0.1) is 23.7 Å². The highest BCUT2D eigenvalue weighted by Crippen LogP contribution is 2.38. The van der Waals surface area contributed by atoms with Crippen LogP contribution in [0.2, 0.25) is 0 Å². The third-order valence-corrected chi connectivity index (χ3v) is 10.9. The van der Waals surface area contributed by atoms with Gasteiger partial charge in [0.2, 0.25) is 5.91 Å². The number of aliphatic hydroxyl groups is 3. The van der Waals surface area contributed by atoms with Crippen molar-refractivity contribution in [3.8, 4) is 0 Å². The fourth-order valence-corrected chi connectivity index (χ4v) is 7.64. The maximum atomic E-state index is 13.9. The Morgan fingerprint density at radius 3 is 2.47 bits per heavy atom. The first-order valence-electron chi connectivity index (χ1n) is 17.7. The number of esters is 1. The molecule has 8 unspecified atom stereocenters. The Bertz CT molecular complexity index is 1060. The van der Waals surface area contributed by atoms with Crippen molar-refractivity contribution >= 4 is 11.9 Å². The molecule has 8 nitrogen and oxygen atoms in total. The molecule has 8 atom stereocenters. The number of aliphatic hydroxyl groups excluding tert-OH is 2. The van der Waals surface area contributed by atoms with Crippen LogP contribution in [0.4, 0.5) is 0 Å². The van der Waals surface area contributed by atoms with E-state index in [0.29, 0.717) is 38.1 Å². The highest BCUT2D eigenvalue weighted by Gasteiger charge is 2.46. The number of carbonyl (C=O) groups is 2. The van der Waals surface area contributed by atoms with Crippen LogP contribution in [0.3, 0.4) is 0 Å². The van der Waals surface area contributed by atoms with E-state index in [4.69, 9.17) is 9.47 Å². The van der Waals surface area contributed by atoms with E-state index < -0.39 is 17.9 Å². The summed E-state index contributed by atoms with van der Waals surface area (Å²) in [4.78, 5) is 29.3. The smallest absolute Gasteiger partial charge is 0.329 e. The lowest BCUT2D eigenvalue weighted by atomic mass is 9.80. The van der Waals surface area contributed by atoms with Crippen molar-refractivity contribution in [1.82, 2.24) is 4.90 Å². The van der Waals surface area contributed by atoms with Gasteiger partial charge in [0.25, 0.3) is 0 Å². The predicted octanol–water partition coefficient (Wildman–Crippen LogP) is 5.99. The summed E-state index contributed by atoms with van der Waals surface area (Å²) in [6.07, 6.45) is 18.3. The minimum Gasteiger partial charge on any atom is -0.461 e. The second-order valence-electron chi connectivity index (χ2n) is 14.7. The Morgan fingerprint density at radius 2 is 1.71 bits per heavy atom. The molecule has 4 rings (SSSR count). The lowest BCUT2D eigenvalue weighted by molar-refractivity contribution is -0.283. The molecule has 2 bridgehead atoms. The van der Waals surface area contributed by atoms with E-state index in [0.717, 1.165) is 63.4 Å². The van der Waals surface area contributed by atoms with E-state index in [2.05, 4.69) is 19.9 Å². The molecule has 1 amide bonds. The normalized spacial score (nSPS) is 38.8. The molecule has 3 fully saturated rings. The summed E-state index contributed by atoms with van der Waals surface area (Å²) >= 11 is 0. The minimum absolute atomic E-state index is 0.160. The summed E-state index contributed by atoms with van der Waals surface area (Å²) in [6, 6.07) is -0.671. The number of nitrogens with zero attached hydrogens (tertiary/aromatic N) is 1. The first-order chi connectivity index (χ1) is 21.4. The van der Waals surface area contributed by atoms with Crippen LogP contribution in [-0.4, -0.2) is 74.9 Å². The Morgan fingerprint density at radius 1 is 0.956 bits per heavy atom. The van der Waals surface area contributed by atoms with Gasteiger partial charge in [-0.15, -0.1) is 0 Å². The molecule has 0 radical (unpaired) electrons. The van der Waals surface area contributed by atoms with Crippen LogP contribution in [0.1, 0.15) is 118 Å². The van der Waals surface area contributed by atoms with Crippen LogP contribution in [0.15, 0.2) is 36.0 Å². The number of fused-ring (bicyclic) bond motifs is 3. The monoisotopic (exact) mass is 629 g/mol. The molecule has 0 aromatic rings. The molecule has 0 aromatic carbocycles. The van der Waals surface area contributed by atoms with E-state index in [-0.39, 0.29) is 54.4 Å². The predicted molar refractivity (Wildman–Crippen MR) is 175 cm³/mol.